The number of rotatable bonds is 6. The quantitative estimate of drug-likeness (QED) is 0.470. The van der Waals surface area contributed by atoms with E-state index in [1.165, 1.54) is 12.0 Å². The van der Waals surface area contributed by atoms with Crippen molar-refractivity contribution in [1.82, 2.24) is 4.90 Å². The molecule has 1 aliphatic rings. The molecule has 0 N–H and O–H groups in total. The molecule has 0 fully saturated rings. The Hall–Kier alpha value is 0.400. The Morgan fingerprint density at radius 3 is 2.14 bits per heavy atom. The fourth-order valence-electron chi connectivity index (χ4n) is 2.34. The monoisotopic (exact) mass is 515 g/mol. The van der Waals surface area contributed by atoms with Crippen LogP contribution in [0.1, 0.15) is 29.6 Å². The van der Waals surface area contributed by atoms with Crippen LogP contribution in [0.2, 0.25) is 0 Å². The molecule has 1 aromatic carbocycles. The number of hydrogen-bond donors (Lipinski definition) is 0. The molecule has 21 heavy (non-hydrogen) atoms. The molecule has 1 atom stereocenters. The van der Waals surface area contributed by atoms with Gasteiger partial charge in [-0.25, -0.2) is 0 Å². The molecule has 0 saturated carbocycles. The van der Waals surface area contributed by atoms with Gasteiger partial charge in [0, 0.05) is 0 Å². The molecule has 0 amide bonds. The predicted molar refractivity (Wildman–Crippen MR) is 95.7 cm³/mol. The molecule has 1 aliphatic carbocycles. The smallest absolute Gasteiger partial charge is 0.147 e. The minimum absolute atomic E-state index is 0. The maximum absolute atomic E-state index is 2.64. The SMILES string of the molecule is CCN(CC)[CH]([Hf][C]1=CC=CC1)c1ccccc1.Cl.Cl.Cl. The van der Waals surface area contributed by atoms with E-state index < -0.39 is 22.9 Å². The van der Waals surface area contributed by atoms with Gasteiger partial charge in [0.25, 0.3) is 0 Å². The summed E-state index contributed by atoms with van der Waals surface area (Å²) in [6, 6.07) is 11.1. The normalized spacial score (nSPS) is 13.6. The fourth-order valence-corrected chi connectivity index (χ4v) is 8.40. The summed E-state index contributed by atoms with van der Waals surface area (Å²) in [4.78, 5) is 2.64. The molecule has 0 saturated heterocycles. The van der Waals surface area contributed by atoms with Gasteiger partial charge in [-0.1, -0.05) is 0 Å². The molecule has 1 unspecified atom stereocenters. The molecule has 1 nitrogen and oxygen atoms in total. The van der Waals surface area contributed by atoms with Crippen LogP contribution in [0.3, 0.4) is 0 Å². The summed E-state index contributed by atoms with van der Waals surface area (Å²) in [5.41, 5.74) is 1.53. The van der Waals surface area contributed by atoms with Crippen molar-refractivity contribution in [2.75, 3.05) is 13.1 Å². The molecule has 118 valence electrons. The van der Waals surface area contributed by atoms with E-state index in [4.69, 9.17) is 0 Å². The average Bonchev–Trinajstić information content (AvgIpc) is 2.93. The summed E-state index contributed by atoms with van der Waals surface area (Å²) < 4.78 is 2.46. The Bertz CT molecular complexity index is 430. The van der Waals surface area contributed by atoms with Gasteiger partial charge in [-0.2, -0.15) is 0 Å². The first-order chi connectivity index (χ1) is 8.85. The van der Waals surface area contributed by atoms with Crippen LogP contribution in [-0.4, -0.2) is 18.0 Å². The van der Waals surface area contributed by atoms with Gasteiger partial charge < -0.3 is 0 Å². The molecule has 0 radical (unpaired) electrons. The van der Waals surface area contributed by atoms with Crippen LogP contribution in [0.5, 0.6) is 0 Å². The maximum Gasteiger partial charge on any atom is -0.147 e. The third-order valence-electron chi connectivity index (χ3n) is 3.39. The third kappa shape index (κ3) is 7.01. The third-order valence-corrected chi connectivity index (χ3v) is 9.54. The minimum atomic E-state index is -0.799. The maximum atomic E-state index is 2.64. The molecular weight excluding hydrogens is 491 g/mol. The summed E-state index contributed by atoms with van der Waals surface area (Å²) in [6.07, 6.45) is 8.11. The predicted octanol–water partition coefficient (Wildman–Crippen LogP) is 5.22. The Balaban J connectivity index is 0. The van der Waals surface area contributed by atoms with Gasteiger partial charge in [-0.05, 0) is 0 Å². The Kier molecular flexibility index (Phi) is 14.5. The number of benzene rings is 1. The molecule has 5 heteroatoms. The first-order valence-electron chi connectivity index (χ1n) is 6.76. The first kappa shape index (κ1) is 23.7. The zero-order valence-electron chi connectivity index (χ0n) is 12.5. The number of hydrogen-bond acceptors (Lipinski definition) is 1. The van der Waals surface area contributed by atoms with Crippen molar-refractivity contribution >= 4 is 37.2 Å². The van der Waals surface area contributed by atoms with E-state index in [1.54, 1.807) is 3.33 Å². The van der Waals surface area contributed by atoms with Gasteiger partial charge in [-0.15, -0.1) is 37.2 Å². The van der Waals surface area contributed by atoms with Gasteiger partial charge in [0.05, 0.1) is 0 Å². The van der Waals surface area contributed by atoms with E-state index in [-0.39, 0.29) is 37.2 Å². The van der Waals surface area contributed by atoms with Crippen LogP contribution < -0.4 is 0 Å². The largest absolute Gasteiger partial charge is 0.147 e. The van der Waals surface area contributed by atoms with Gasteiger partial charge >= 0.3 is 122 Å². The zero-order chi connectivity index (χ0) is 12.8. The number of allylic oxidation sites excluding steroid dienone is 4. The Morgan fingerprint density at radius 2 is 1.67 bits per heavy atom. The van der Waals surface area contributed by atoms with Crippen LogP contribution in [-0.2, 0) is 22.9 Å². The Morgan fingerprint density at radius 1 is 1.05 bits per heavy atom. The second-order valence-corrected chi connectivity index (χ2v) is 9.81. The molecule has 2 rings (SSSR count). The molecule has 0 aromatic heterocycles. The van der Waals surface area contributed by atoms with Gasteiger partial charge in [0.1, 0.15) is 0 Å². The van der Waals surface area contributed by atoms with Crippen molar-refractivity contribution in [2.24, 2.45) is 0 Å². The number of halogens is 3. The van der Waals surface area contributed by atoms with Crippen molar-refractivity contribution in [3.05, 3.63) is 57.5 Å². The van der Waals surface area contributed by atoms with Crippen LogP contribution >= 0.6 is 37.2 Å². The van der Waals surface area contributed by atoms with Crippen molar-refractivity contribution < 1.29 is 22.9 Å². The van der Waals surface area contributed by atoms with Gasteiger partial charge in [0.15, 0.2) is 0 Å². The minimum Gasteiger partial charge on any atom is -0.147 e. The number of nitrogens with zero attached hydrogens (tertiary/aromatic N) is 1. The van der Waals surface area contributed by atoms with E-state index in [0.29, 0.717) is 3.80 Å². The summed E-state index contributed by atoms with van der Waals surface area (Å²) in [5.74, 6) is 0. The van der Waals surface area contributed by atoms with E-state index >= 15 is 0 Å². The second-order valence-electron chi connectivity index (χ2n) is 4.50. The van der Waals surface area contributed by atoms with Gasteiger partial charge in [-0.3, -0.25) is 0 Å². The van der Waals surface area contributed by atoms with Crippen molar-refractivity contribution in [1.29, 1.82) is 0 Å². The van der Waals surface area contributed by atoms with Gasteiger partial charge in [0.2, 0.25) is 0 Å². The molecule has 0 aliphatic heterocycles. The summed E-state index contributed by atoms with van der Waals surface area (Å²) in [6.45, 7) is 6.88. The van der Waals surface area contributed by atoms with Crippen molar-refractivity contribution in [2.45, 2.75) is 24.1 Å². The van der Waals surface area contributed by atoms with E-state index in [2.05, 4.69) is 67.3 Å². The van der Waals surface area contributed by atoms with E-state index in [0.717, 1.165) is 13.1 Å². The summed E-state index contributed by atoms with van der Waals surface area (Å²) in [7, 11) is 0. The second kappa shape index (κ2) is 12.9. The van der Waals surface area contributed by atoms with E-state index in [9.17, 15) is 0 Å². The molecule has 1 aromatic rings. The summed E-state index contributed by atoms with van der Waals surface area (Å²) >= 11 is -0.799. The van der Waals surface area contributed by atoms with Crippen LogP contribution in [0.25, 0.3) is 0 Å². The van der Waals surface area contributed by atoms with Crippen molar-refractivity contribution in [3.8, 4) is 0 Å². The summed E-state index contributed by atoms with van der Waals surface area (Å²) in [5, 5.41) is 0. The molecule has 0 heterocycles. The van der Waals surface area contributed by atoms with E-state index in [1.807, 2.05) is 0 Å². The molecular formula is C16H24Cl3HfN. The van der Waals surface area contributed by atoms with Crippen LogP contribution in [0, 0.1) is 0 Å². The zero-order valence-corrected chi connectivity index (χ0v) is 18.5. The standard InChI is InChI=1S/C11H16N.C5H5.3ClH.Hf/c1-3-12(4-2)10-11-8-6-5-7-9-11;1-2-4-5-3-1;;;;/h5-10H,3-4H2,1-2H3;1-3H,4H2;3*1H;. The topological polar surface area (TPSA) is 3.24 Å². The fraction of sp³-hybridized carbons (Fsp3) is 0.375. The van der Waals surface area contributed by atoms with Crippen LogP contribution in [0.4, 0.5) is 0 Å². The van der Waals surface area contributed by atoms with Crippen LogP contribution in [0.15, 0.2) is 51.9 Å². The Labute approximate surface area is 158 Å². The van der Waals surface area contributed by atoms with Crippen molar-refractivity contribution in [3.63, 3.8) is 0 Å². The molecule has 0 bridgehead atoms. The first-order valence-corrected chi connectivity index (χ1v) is 10.6. The molecule has 0 spiro atoms. The average molecular weight is 515 g/mol.